The molecule has 0 radical (unpaired) electrons. The summed E-state index contributed by atoms with van der Waals surface area (Å²) in [6, 6.07) is 22.4. The second-order valence-electron chi connectivity index (χ2n) is 12.2. The van der Waals surface area contributed by atoms with Crippen molar-refractivity contribution in [2.24, 2.45) is 23.7 Å². The van der Waals surface area contributed by atoms with Crippen molar-refractivity contribution in [3.05, 3.63) is 100 Å². The van der Waals surface area contributed by atoms with Crippen LogP contribution in [-0.2, 0) is 14.3 Å². The average Bonchev–Trinajstić information content (AvgIpc) is 3.52. The van der Waals surface area contributed by atoms with Crippen LogP contribution in [0.15, 0.2) is 89.5 Å². The summed E-state index contributed by atoms with van der Waals surface area (Å²) in [5.41, 5.74) is 6.99. The quantitative estimate of drug-likeness (QED) is 0.203. The number of rotatable bonds is 8. The van der Waals surface area contributed by atoms with Crippen LogP contribution in [0.3, 0.4) is 0 Å². The van der Waals surface area contributed by atoms with E-state index in [9.17, 15) is 14.7 Å². The van der Waals surface area contributed by atoms with E-state index in [0.717, 1.165) is 35.4 Å². The summed E-state index contributed by atoms with van der Waals surface area (Å²) < 4.78 is 6.39. The Kier molecular flexibility index (Phi) is 8.17. The van der Waals surface area contributed by atoms with E-state index < -0.39 is 5.92 Å². The maximum Gasteiger partial charge on any atom is 0.238 e. The van der Waals surface area contributed by atoms with Crippen LogP contribution >= 0.6 is 11.6 Å². The summed E-state index contributed by atoms with van der Waals surface area (Å²) in [6.07, 6.45) is 4.16. The van der Waals surface area contributed by atoms with E-state index in [1.165, 1.54) is 16.0 Å². The molecule has 2 N–H and O–H groups in total. The highest BCUT2D eigenvalue weighted by atomic mass is 35.5. The number of imide groups is 1. The number of carbonyl (C=O) groups excluding carboxylic acids is 2. The Labute approximate surface area is 258 Å². The second kappa shape index (κ2) is 12.0. The molecule has 3 aromatic carbocycles. The van der Waals surface area contributed by atoms with Crippen LogP contribution < -0.4 is 10.2 Å². The first-order valence-electron chi connectivity index (χ1n) is 15.0. The Morgan fingerprint density at radius 1 is 1.02 bits per heavy atom. The largest absolute Gasteiger partial charge is 0.508 e. The van der Waals surface area contributed by atoms with Crippen molar-refractivity contribution < 1.29 is 19.4 Å². The highest BCUT2D eigenvalue weighted by molar-refractivity contribution is 6.32. The number of para-hydroxylation sites is 1. The molecule has 6 rings (SSSR count). The van der Waals surface area contributed by atoms with Crippen LogP contribution in [0.25, 0.3) is 6.08 Å². The molecule has 2 heterocycles. The number of ether oxygens (including phenoxy) is 1. The van der Waals surface area contributed by atoms with Gasteiger partial charge in [-0.05, 0) is 97.8 Å². The van der Waals surface area contributed by atoms with Crippen LogP contribution in [-0.4, -0.2) is 29.6 Å². The van der Waals surface area contributed by atoms with Crippen molar-refractivity contribution in [2.75, 3.05) is 16.8 Å². The summed E-state index contributed by atoms with van der Waals surface area (Å²) >= 11 is 6.32. The van der Waals surface area contributed by atoms with Gasteiger partial charge in [0.2, 0.25) is 11.8 Å². The van der Waals surface area contributed by atoms with E-state index in [2.05, 4.69) is 26.1 Å². The molecule has 3 aliphatic rings. The van der Waals surface area contributed by atoms with Gasteiger partial charge in [-0.3, -0.25) is 14.5 Å². The minimum absolute atomic E-state index is 0.0812. The first kappa shape index (κ1) is 29.2. The average molecular weight is 597 g/mol. The van der Waals surface area contributed by atoms with E-state index in [0.29, 0.717) is 23.7 Å². The van der Waals surface area contributed by atoms with Gasteiger partial charge in [0.25, 0.3) is 0 Å². The number of allylic oxidation sites excluding steroid dienone is 2. The molecule has 2 fully saturated rings. The first-order valence-corrected chi connectivity index (χ1v) is 15.4. The van der Waals surface area contributed by atoms with E-state index in [1.54, 1.807) is 12.1 Å². The molecule has 7 heteroatoms. The van der Waals surface area contributed by atoms with Gasteiger partial charge in [0.1, 0.15) is 5.75 Å². The summed E-state index contributed by atoms with van der Waals surface area (Å²) in [5.74, 6) is -0.668. The van der Waals surface area contributed by atoms with Gasteiger partial charge in [0.05, 0.1) is 35.3 Å². The number of fused-ring (bicyclic) bond motifs is 3. The Balaban J connectivity index is 1.19. The van der Waals surface area contributed by atoms with Crippen LogP contribution in [0.5, 0.6) is 5.75 Å². The fourth-order valence-corrected chi connectivity index (χ4v) is 7.15. The SMILES string of the molecule is C/C(=C\c1ccc(O)cc1Cl)CC[C@H]1OC[C@H]2C1=C(C(C)C)C[C@H]1C(=O)N(c3ccc(Nc4ccccc4)cc3)C(=O)[C@H]12. The van der Waals surface area contributed by atoms with Crippen LogP contribution in [0.1, 0.15) is 45.6 Å². The van der Waals surface area contributed by atoms with E-state index in [1.807, 2.05) is 66.7 Å². The standard InChI is InChI=1S/C36H37ClN2O4/c1-21(2)28-19-29-34(30-20-43-32(33(28)30)16-9-22(3)17-23-10-15-27(40)18-31(23)37)36(42)39(35(29)41)26-13-11-25(12-14-26)38-24-7-5-4-6-8-24/h4-8,10-15,17-18,21,29-30,32,34,38,40H,9,16,19-20H2,1-3H3/b22-17+/t29-,30+,32-,34-/m1/s1. The van der Waals surface area contributed by atoms with E-state index in [-0.39, 0.29) is 41.4 Å². The number of anilines is 3. The molecule has 0 bridgehead atoms. The molecule has 0 unspecified atom stereocenters. The van der Waals surface area contributed by atoms with Gasteiger partial charge in [0.15, 0.2) is 0 Å². The van der Waals surface area contributed by atoms with Crippen LogP contribution in [0.2, 0.25) is 5.02 Å². The number of nitrogens with zero attached hydrogens (tertiary/aromatic N) is 1. The topological polar surface area (TPSA) is 78.9 Å². The predicted octanol–water partition coefficient (Wildman–Crippen LogP) is 8.15. The first-order chi connectivity index (χ1) is 20.7. The minimum Gasteiger partial charge on any atom is -0.508 e. The van der Waals surface area contributed by atoms with Crippen molar-refractivity contribution in [2.45, 2.75) is 46.1 Å². The third-order valence-electron chi connectivity index (χ3n) is 9.02. The van der Waals surface area contributed by atoms with Crippen molar-refractivity contribution in [3.63, 3.8) is 0 Å². The molecule has 4 atom stereocenters. The highest BCUT2D eigenvalue weighted by Crippen LogP contribution is 2.52. The van der Waals surface area contributed by atoms with Gasteiger partial charge >= 0.3 is 0 Å². The maximum absolute atomic E-state index is 13.9. The Bertz CT molecular complexity index is 1600. The zero-order valence-electron chi connectivity index (χ0n) is 24.7. The number of phenols is 1. The Morgan fingerprint density at radius 3 is 2.44 bits per heavy atom. The lowest BCUT2D eigenvalue weighted by Crippen LogP contribution is -2.35. The van der Waals surface area contributed by atoms with Crippen LogP contribution in [0.4, 0.5) is 17.1 Å². The molecular weight excluding hydrogens is 560 g/mol. The lowest BCUT2D eigenvalue weighted by atomic mass is 9.67. The minimum atomic E-state index is -0.399. The van der Waals surface area contributed by atoms with Gasteiger partial charge in [0, 0.05) is 17.3 Å². The lowest BCUT2D eigenvalue weighted by Gasteiger charge is -2.33. The zero-order chi connectivity index (χ0) is 30.2. The molecule has 0 saturated carbocycles. The molecule has 1 aliphatic carbocycles. The second-order valence-corrected chi connectivity index (χ2v) is 12.6. The fraction of sp³-hybridized carbons (Fsp3) is 0.333. The van der Waals surface area contributed by atoms with E-state index in [4.69, 9.17) is 16.3 Å². The number of hydrogen-bond donors (Lipinski definition) is 2. The Morgan fingerprint density at radius 2 is 1.74 bits per heavy atom. The molecule has 2 saturated heterocycles. The highest BCUT2D eigenvalue weighted by Gasteiger charge is 2.57. The number of halogens is 1. The normalized spacial score (nSPS) is 23.7. The molecule has 0 spiro atoms. The third-order valence-corrected chi connectivity index (χ3v) is 9.34. The molecule has 0 aromatic heterocycles. The number of nitrogens with one attached hydrogen (secondary N) is 1. The number of phenolic OH excluding ortho intramolecular Hbond substituents is 1. The van der Waals surface area contributed by atoms with Crippen molar-refractivity contribution in [1.82, 2.24) is 0 Å². The van der Waals surface area contributed by atoms with Crippen LogP contribution in [0, 0.1) is 23.7 Å². The Hall–Kier alpha value is -3.87. The van der Waals surface area contributed by atoms with Gasteiger partial charge in [-0.15, -0.1) is 0 Å². The predicted molar refractivity (Wildman–Crippen MR) is 171 cm³/mol. The molecule has 6 nitrogen and oxygen atoms in total. The third kappa shape index (κ3) is 5.74. The van der Waals surface area contributed by atoms with Crippen molar-refractivity contribution >= 4 is 46.6 Å². The summed E-state index contributed by atoms with van der Waals surface area (Å²) in [7, 11) is 0. The van der Waals surface area contributed by atoms with Gasteiger partial charge in [-0.1, -0.05) is 60.9 Å². The van der Waals surface area contributed by atoms with Gasteiger partial charge < -0.3 is 15.2 Å². The van der Waals surface area contributed by atoms with Gasteiger partial charge in [-0.25, -0.2) is 0 Å². The number of hydrogen-bond acceptors (Lipinski definition) is 5. The fourth-order valence-electron chi connectivity index (χ4n) is 6.92. The number of carbonyl (C=O) groups is 2. The molecular formula is C36H37ClN2O4. The molecule has 222 valence electrons. The lowest BCUT2D eigenvalue weighted by molar-refractivity contribution is -0.122. The molecule has 2 aliphatic heterocycles. The zero-order valence-corrected chi connectivity index (χ0v) is 25.5. The number of benzene rings is 3. The monoisotopic (exact) mass is 596 g/mol. The number of aromatic hydroxyl groups is 1. The van der Waals surface area contributed by atoms with Crippen molar-refractivity contribution in [1.29, 1.82) is 0 Å². The van der Waals surface area contributed by atoms with Gasteiger partial charge in [-0.2, -0.15) is 0 Å². The molecule has 43 heavy (non-hydrogen) atoms. The van der Waals surface area contributed by atoms with Crippen molar-refractivity contribution in [3.8, 4) is 5.75 Å². The summed E-state index contributed by atoms with van der Waals surface area (Å²) in [6.45, 7) is 6.87. The molecule has 3 aromatic rings. The smallest absolute Gasteiger partial charge is 0.238 e. The number of amides is 2. The summed E-state index contributed by atoms with van der Waals surface area (Å²) in [5, 5.41) is 13.5. The summed E-state index contributed by atoms with van der Waals surface area (Å²) in [4.78, 5) is 29.2. The van der Waals surface area contributed by atoms with E-state index >= 15 is 0 Å². The molecule has 2 amide bonds. The maximum atomic E-state index is 13.9.